The highest BCUT2D eigenvalue weighted by molar-refractivity contribution is 7.85. The van der Waals surface area contributed by atoms with Gasteiger partial charge in [-0.1, -0.05) is 116 Å². The average molecular weight is 548 g/mol. The third kappa shape index (κ3) is 23.9. The van der Waals surface area contributed by atoms with Crippen LogP contribution in [0.5, 0.6) is 0 Å². The Morgan fingerprint density at radius 3 is 1.65 bits per heavy atom. The highest BCUT2D eigenvalue weighted by Crippen LogP contribution is 2.14. The Hall–Kier alpha value is -0.960. The lowest BCUT2D eigenvalue weighted by Crippen LogP contribution is -2.50. The third-order valence-electron chi connectivity index (χ3n) is 6.83. The lowest BCUT2D eigenvalue weighted by Gasteiger charge is -2.24. The van der Waals surface area contributed by atoms with Gasteiger partial charge < -0.3 is 15.5 Å². The van der Waals surface area contributed by atoms with E-state index in [-0.39, 0.29) is 6.42 Å². The Balaban J connectivity index is 4.22. The molecule has 3 unspecified atom stereocenters. The Morgan fingerprint density at radius 1 is 0.703 bits per heavy atom. The van der Waals surface area contributed by atoms with Gasteiger partial charge in [0.05, 0.1) is 17.9 Å². The summed E-state index contributed by atoms with van der Waals surface area (Å²) in [4.78, 5) is 12.4. The number of amides is 1. The number of carbonyl (C=O) groups excluding carboxylic acids is 1. The van der Waals surface area contributed by atoms with Gasteiger partial charge in [-0.05, 0) is 38.5 Å². The lowest BCUT2D eigenvalue weighted by molar-refractivity contribution is -0.131. The summed E-state index contributed by atoms with van der Waals surface area (Å²) < 4.78 is 32.1. The van der Waals surface area contributed by atoms with Crippen LogP contribution in [-0.2, 0) is 14.9 Å². The molecule has 0 aromatic rings. The standard InChI is InChI=1S/C29H57NO6S/c1-3-5-7-9-11-13-14-15-16-18-20-22-24-28(32)29(33)30-26(25-37(34,35)36)27(31)23-21-19-17-12-10-8-6-4-2/h15-16,26-28,31-32H,3-14,17-25H2,1-2H3,(H,30,33)(H,34,35,36)/b16-15-. The second-order valence-electron chi connectivity index (χ2n) is 10.5. The van der Waals surface area contributed by atoms with E-state index in [1.165, 1.54) is 64.2 Å². The summed E-state index contributed by atoms with van der Waals surface area (Å²) in [5, 5.41) is 23.2. The van der Waals surface area contributed by atoms with Gasteiger partial charge >= 0.3 is 0 Å². The largest absolute Gasteiger partial charge is 0.391 e. The number of nitrogens with one attached hydrogen (secondary N) is 1. The van der Waals surface area contributed by atoms with E-state index >= 15 is 0 Å². The Bertz CT molecular complexity index is 667. The van der Waals surface area contributed by atoms with Gasteiger partial charge in [-0.25, -0.2) is 0 Å². The summed E-state index contributed by atoms with van der Waals surface area (Å²) in [5.74, 6) is -1.48. The number of aliphatic hydroxyl groups excluding tert-OH is 2. The summed E-state index contributed by atoms with van der Waals surface area (Å²) in [7, 11) is -4.39. The van der Waals surface area contributed by atoms with E-state index < -0.39 is 40.0 Å². The smallest absolute Gasteiger partial charge is 0.266 e. The SMILES string of the molecule is CCCCCCCC/C=C\CCCCC(O)C(=O)NC(CS(=O)(=O)O)C(O)CCCCCCCCCC. The molecule has 0 spiro atoms. The van der Waals surface area contributed by atoms with Crippen LogP contribution in [0.1, 0.15) is 142 Å². The second kappa shape index (κ2) is 24.1. The number of aliphatic hydroxyl groups is 2. The zero-order valence-corrected chi connectivity index (χ0v) is 24.5. The molecule has 0 rings (SSSR count). The fraction of sp³-hybridized carbons (Fsp3) is 0.897. The zero-order chi connectivity index (χ0) is 27.8. The van der Waals surface area contributed by atoms with Gasteiger partial charge in [-0.15, -0.1) is 0 Å². The minimum Gasteiger partial charge on any atom is -0.391 e. The van der Waals surface area contributed by atoms with Crippen LogP contribution >= 0.6 is 0 Å². The number of carbonyl (C=O) groups is 1. The topological polar surface area (TPSA) is 124 Å². The number of unbranched alkanes of at least 4 members (excludes halogenated alkanes) is 15. The first-order valence-corrected chi connectivity index (χ1v) is 16.6. The molecule has 4 N–H and O–H groups in total. The number of hydrogen-bond acceptors (Lipinski definition) is 5. The molecule has 0 aromatic carbocycles. The van der Waals surface area contributed by atoms with Crippen LogP contribution in [0.15, 0.2) is 12.2 Å². The maximum atomic E-state index is 12.4. The molecule has 0 heterocycles. The van der Waals surface area contributed by atoms with E-state index in [9.17, 15) is 28.0 Å². The molecule has 0 fully saturated rings. The molecule has 3 atom stereocenters. The molecule has 7 nitrogen and oxygen atoms in total. The minimum atomic E-state index is -4.39. The lowest BCUT2D eigenvalue weighted by atomic mass is 10.0. The molecule has 8 heteroatoms. The monoisotopic (exact) mass is 547 g/mol. The quantitative estimate of drug-likeness (QED) is 0.0558. The number of hydrogen-bond donors (Lipinski definition) is 4. The predicted octanol–water partition coefficient (Wildman–Crippen LogP) is 6.48. The van der Waals surface area contributed by atoms with Crippen molar-refractivity contribution < 1.29 is 28.0 Å². The van der Waals surface area contributed by atoms with Crippen LogP contribution in [-0.4, -0.2) is 53.1 Å². The van der Waals surface area contributed by atoms with Gasteiger partial charge in [-0.2, -0.15) is 8.42 Å². The first-order valence-electron chi connectivity index (χ1n) is 15.0. The molecular weight excluding hydrogens is 490 g/mol. The summed E-state index contributed by atoms with van der Waals surface area (Å²) in [6.07, 6.45) is 22.5. The van der Waals surface area contributed by atoms with Crippen molar-refractivity contribution in [1.82, 2.24) is 5.32 Å². The van der Waals surface area contributed by atoms with Gasteiger partial charge in [-0.3, -0.25) is 9.35 Å². The molecule has 0 bridgehead atoms. The number of allylic oxidation sites excluding steroid dienone is 2. The van der Waals surface area contributed by atoms with Gasteiger partial charge in [0.15, 0.2) is 0 Å². The van der Waals surface area contributed by atoms with Crippen LogP contribution in [0.25, 0.3) is 0 Å². The van der Waals surface area contributed by atoms with Gasteiger partial charge in [0, 0.05) is 0 Å². The molecule has 220 valence electrons. The molecule has 0 aliphatic carbocycles. The average Bonchev–Trinajstić information content (AvgIpc) is 2.84. The van der Waals surface area contributed by atoms with Crippen molar-refractivity contribution in [1.29, 1.82) is 0 Å². The maximum Gasteiger partial charge on any atom is 0.266 e. The third-order valence-corrected chi connectivity index (χ3v) is 7.61. The van der Waals surface area contributed by atoms with Crippen LogP contribution in [0.2, 0.25) is 0 Å². The van der Waals surface area contributed by atoms with Crippen molar-refractivity contribution in [2.24, 2.45) is 0 Å². The number of rotatable bonds is 26. The molecule has 0 aliphatic rings. The second-order valence-corrected chi connectivity index (χ2v) is 12.0. The van der Waals surface area contributed by atoms with Gasteiger partial charge in [0.2, 0.25) is 5.91 Å². The normalized spacial score (nSPS) is 14.6. The highest BCUT2D eigenvalue weighted by atomic mass is 32.2. The van der Waals surface area contributed by atoms with E-state index in [0.29, 0.717) is 19.3 Å². The van der Waals surface area contributed by atoms with Crippen molar-refractivity contribution in [2.45, 2.75) is 161 Å². The molecule has 1 amide bonds. The van der Waals surface area contributed by atoms with Crippen LogP contribution in [0.3, 0.4) is 0 Å². The molecule has 0 saturated carbocycles. The van der Waals surface area contributed by atoms with Crippen molar-refractivity contribution in [3.05, 3.63) is 12.2 Å². The molecule has 0 aromatic heterocycles. The summed E-state index contributed by atoms with van der Waals surface area (Å²) in [6.45, 7) is 4.40. The zero-order valence-electron chi connectivity index (χ0n) is 23.7. The van der Waals surface area contributed by atoms with Crippen molar-refractivity contribution in [2.75, 3.05) is 5.75 Å². The van der Waals surface area contributed by atoms with E-state index in [4.69, 9.17) is 0 Å². The summed E-state index contributed by atoms with van der Waals surface area (Å²) >= 11 is 0. The Labute approximate surface area is 227 Å². The maximum absolute atomic E-state index is 12.4. The van der Waals surface area contributed by atoms with E-state index in [1.54, 1.807) is 0 Å². The molecule has 0 saturated heterocycles. The van der Waals surface area contributed by atoms with Crippen LogP contribution < -0.4 is 5.32 Å². The Kier molecular flexibility index (Phi) is 23.5. The van der Waals surface area contributed by atoms with Crippen LogP contribution in [0, 0.1) is 0 Å². The summed E-state index contributed by atoms with van der Waals surface area (Å²) in [6, 6.07) is -1.15. The van der Waals surface area contributed by atoms with Crippen molar-refractivity contribution >= 4 is 16.0 Å². The van der Waals surface area contributed by atoms with Crippen molar-refractivity contribution in [3.8, 4) is 0 Å². The fourth-order valence-electron chi connectivity index (χ4n) is 4.45. The summed E-state index contributed by atoms with van der Waals surface area (Å²) in [5.41, 5.74) is 0. The molecule has 0 aliphatic heterocycles. The van der Waals surface area contributed by atoms with Crippen LogP contribution in [0.4, 0.5) is 0 Å². The highest BCUT2D eigenvalue weighted by Gasteiger charge is 2.28. The first kappa shape index (κ1) is 36.0. The predicted molar refractivity (Wildman–Crippen MR) is 153 cm³/mol. The van der Waals surface area contributed by atoms with E-state index in [1.807, 2.05) is 0 Å². The molecule has 37 heavy (non-hydrogen) atoms. The Morgan fingerprint density at radius 2 is 1.14 bits per heavy atom. The van der Waals surface area contributed by atoms with Gasteiger partial charge in [0.25, 0.3) is 10.1 Å². The van der Waals surface area contributed by atoms with E-state index in [2.05, 4.69) is 31.3 Å². The van der Waals surface area contributed by atoms with Gasteiger partial charge in [0.1, 0.15) is 6.10 Å². The molecule has 0 radical (unpaired) electrons. The van der Waals surface area contributed by atoms with Crippen molar-refractivity contribution in [3.63, 3.8) is 0 Å². The first-order chi connectivity index (χ1) is 17.7. The fourth-order valence-corrected chi connectivity index (χ4v) is 5.21. The van der Waals surface area contributed by atoms with E-state index in [0.717, 1.165) is 38.5 Å². The minimum absolute atomic E-state index is 0.268. The molecular formula is C29H57NO6S.